The Hall–Kier alpha value is -2.91. The summed E-state index contributed by atoms with van der Waals surface area (Å²) in [5.41, 5.74) is 2.06. The first kappa shape index (κ1) is 20.4. The number of amides is 1. The van der Waals surface area contributed by atoms with Crippen LogP contribution in [0.2, 0.25) is 5.02 Å². The number of halogens is 1. The third kappa shape index (κ3) is 7.08. The molecular formula is C17H17ClN4O4S. The zero-order chi connectivity index (χ0) is 19.8. The van der Waals surface area contributed by atoms with Gasteiger partial charge in [0.05, 0.1) is 5.02 Å². The van der Waals surface area contributed by atoms with Gasteiger partial charge in [-0.3, -0.25) is 14.9 Å². The van der Waals surface area contributed by atoms with Crippen LogP contribution in [0.1, 0.15) is 6.92 Å². The van der Waals surface area contributed by atoms with Gasteiger partial charge in [-0.2, -0.15) is 0 Å². The molecular weight excluding hydrogens is 392 g/mol. The number of thiocarbonyl (C=S) groups is 1. The number of hydrogen-bond donors (Lipinski definition) is 3. The average molecular weight is 409 g/mol. The van der Waals surface area contributed by atoms with E-state index in [1.807, 2.05) is 0 Å². The van der Waals surface area contributed by atoms with E-state index in [-0.39, 0.29) is 19.1 Å². The Morgan fingerprint density at radius 1 is 1.11 bits per heavy atom. The maximum atomic E-state index is 11.0. The average Bonchev–Trinajstić information content (AvgIpc) is 2.58. The van der Waals surface area contributed by atoms with Gasteiger partial charge in [0.25, 0.3) is 0 Å². The van der Waals surface area contributed by atoms with Crippen LogP contribution in [0.15, 0.2) is 42.5 Å². The lowest BCUT2D eigenvalue weighted by molar-refractivity contribution is -0.481. The van der Waals surface area contributed by atoms with Gasteiger partial charge in [-0.15, -0.1) is 0 Å². The van der Waals surface area contributed by atoms with Crippen LogP contribution in [0, 0.1) is 10.1 Å². The van der Waals surface area contributed by atoms with Crippen molar-refractivity contribution in [3.8, 4) is 5.75 Å². The highest BCUT2D eigenvalue weighted by atomic mass is 35.5. The van der Waals surface area contributed by atoms with Crippen molar-refractivity contribution < 1.29 is 14.5 Å². The molecule has 0 aliphatic carbocycles. The summed E-state index contributed by atoms with van der Waals surface area (Å²) in [5.74, 6) is 0.215. The first-order valence-corrected chi connectivity index (χ1v) is 8.62. The molecule has 0 aliphatic rings. The summed E-state index contributed by atoms with van der Waals surface area (Å²) < 4.78 is 5.26. The zero-order valence-electron chi connectivity index (χ0n) is 14.3. The molecule has 1 amide bonds. The Balaban J connectivity index is 1.90. The summed E-state index contributed by atoms with van der Waals surface area (Å²) in [4.78, 5) is 20.9. The molecule has 0 saturated carbocycles. The molecule has 27 heavy (non-hydrogen) atoms. The molecule has 10 heteroatoms. The van der Waals surface area contributed by atoms with Crippen molar-refractivity contribution >= 4 is 51.9 Å². The van der Waals surface area contributed by atoms with Gasteiger partial charge in [-0.05, 0) is 54.7 Å². The van der Waals surface area contributed by atoms with E-state index in [1.165, 1.54) is 6.92 Å². The first-order valence-electron chi connectivity index (χ1n) is 7.83. The molecule has 0 aliphatic heterocycles. The van der Waals surface area contributed by atoms with Crippen LogP contribution in [0.25, 0.3) is 0 Å². The molecule has 0 heterocycles. The number of nitrogens with one attached hydrogen (secondary N) is 3. The fourth-order valence-electron chi connectivity index (χ4n) is 2.06. The molecule has 0 aromatic heterocycles. The largest absolute Gasteiger partial charge is 0.485 e. The molecule has 2 aromatic carbocycles. The highest BCUT2D eigenvalue weighted by molar-refractivity contribution is 7.80. The van der Waals surface area contributed by atoms with Crippen LogP contribution in [-0.2, 0) is 4.79 Å². The second kappa shape index (κ2) is 9.70. The van der Waals surface area contributed by atoms with Gasteiger partial charge in [-0.1, -0.05) is 11.6 Å². The van der Waals surface area contributed by atoms with Crippen molar-refractivity contribution in [2.45, 2.75) is 6.92 Å². The van der Waals surface area contributed by atoms with Crippen molar-refractivity contribution in [3.63, 3.8) is 0 Å². The van der Waals surface area contributed by atoms with E-state index in [1.54, 1.807) is 42.5 Å². The van der Waals surface area contributed by atoms with E-state index in [9.17, 15) is 14.9 Å². The van der Waals surface area contributed by atoms with Gasteiger partial charge in [0.2, 0.25) is 12.5 Å². The minimum atomic E-state index is -0.462. The maximum Gasteiger partial charge on any atom is 0.237 e. The molecule has 8 nitrogen and oxygen atoms in total. The second-order valence-electron chi connectivity index (χ2n) is 5.39. The Bertz CT molecular complexity index is 845. The van der Waals surface area contributed by atoms with Crippen LogP contribution >= 0.6 is 23.8 Å². The predicted octanol–water partition coefficient (Wildman–Crippen LogP) is 3.76. The predicted molar refractivity (Wildman–Crippen MR) is 109 cm³/mol. The summed E-state index contributed by atoms with van der Waals surface area (Å²) in [5, 5.41) is 19.6. The second-order valence-corrected chi connectivity index (χ2v) is 6.20. The molecule has 0 radical (unpaired) electrons. The zero-order valence-corrected chi connectivity index (χ0v) is 15.9. The molecule has 0 bridgehead atoms. The number of ether oxygens (including phenoxy) is 1. The highest BCUT2D eigenvalue weighted by Crippen LogP contribution is 2.27. The van der Waals surface area contributed by atoms with Crippen LogP contribution in [-0.4, -0.2) is 29.1 Å². The van der Waals surface area contributed by atoms with Gasteiger partial charge in [0.15, 0.2) is 11.7 Å². The molecule has 0 atom stereocenters. The van der Waals surface area contributed by atoms with Crippen LogP contribution in [0.4, 0.5) is 17.1 Å². The number of nitro groups is 1. The standard InChI is InChI=1S/C17H17ClN4O4S/c1-11(23)19-12-2-4-13(5-3-12)20-17(27)21-14-6-7-16(15(18)10-14)26-9-8-22(24)25/h2-7,10H,8-9H2,1H3,(H,19,23)(H2,20,21,27). The molecule has 3 N–H and O–H groups in total. The number of nitrogens with zero attached hydrogens (tertiary/aromatic N) is 1. The van der Waals surface area contributed by atoms with Crippen molar-refractivity contribution in [2.75, 3.05) is 29.1 Å². The lowest BCUT2D eigenvalue weighted by Crippen LogP contribution is -2.19. The van der Waals surface area contributed by atoms with Crippen LogP contribution in [0.5, 0.6) is 5.75 Å². The fraction of sp³-hybridized carbons (Fsp3) is 0.176. The van der Waals surface area contributed by atoms with Crippen LogP contribution < -0.4 is 20.7 Å². The van der Waals surface area contributed by atoms with Gasteiger partial charge in [0.1, 0.15) is 5.75 Å². The Morgan fingerprint density at radius 2 is 1.67 bits per heavy atom. The SMILES string of the molecule is CC(=O)Nc1ccc(NC(=S)Nc2ccc(OCC[N+](=O)[O-])c(Cl)c2)cc1. The monoisotopic (exact) mass is 408 g/mol. The molecule has 0 saturated heterocycles. The van der Waals surface area contributed by atoms with E-state index in [2.05, 4.69) is 16.0 Å². The van der Waals surface area contributed by atoms with Gasteiger partial charge in [-0.25, -0.2) is 0 Å². The van der Waals surface area contributed by atoms with E-state index >= 15 is 0 Å². The lowest BCUT2D eigenvalue weighted by atomic mass is 10.2. The molecule has 2 rings (SSSR count). The lowest BCUT2D eigenvalue weighted by Gasteiger charge is -2.13. The number of anilines is 3. The number of hydrogen-bond acceptors (Lipinski definition) is 5. The molecule has 0 spiro atoms. The Kier molecular flexibility index (Phi) is 7.33. The van der Waals surface area contributed by atoms with Crippen molar-refractivity contribution in [2.24, 2.45) is 0 Å². The number of carbonyl (C=O) groups is 1. The normalized spacial score (nSPS) is 10.0. The molecule has 0 fully saturated rings. The van der Waals surface area contributed by atoms with E-state index in [4.69, 9.17) is 28.6 Å². The first-order chi connectivity index (χ1) is 12.8. The van der Waals surface area contributed by atoms with Crippen molar-refractivity contribution in [1.29, 1.82) is 0 Å². The summed E-state index contributed by atoms with van der Waals surface area (Å²) in [6.45, 7) is 1.08. The summed E-state index contributed by atoms with van der Waals surface area (Å²) in [7, 11) is 0. The highest BCUT2D eigenvalue weighted by Gasteiger charge is 2.07. The van der Waals surface area contributed by atoms with Crippen LogP contribution in [0.3, 0.4) is 0 Å². The van der Waals surface area contributed by atoms with Gasteiger partial charge < -0.3 is 20.7 Å². The number of carbonyl (C=O) groups excluding carboxylic acids is 1. The number of rotatable bonds is 7. The Morgan fingerprint density at radius 3 is 2.22 bits per heavy atom. The molecule has 0 unspecified atom stereocenters. The van der Waals surface area contributed by atoms with E-state index in [0.29, 0.717) is 27.3 Å². The fourth-order valence-corrected chi connectivity index (χ4v) is 2.53. The summed E-state index contributed by atoms with van der Waals surface area (Å²) in [6.07, 6.45) is 0. The van der Waals surface area contributed by atoms with Crippen molar-refractivity contribution in [3.05, 3.63) is 57.6 Å². The topological polar surface area (TPSA) is 106 Å². The van der Waals surface area contributed by atoms with Crippen molar-refractivity contribution in [1.82, 2.24) is 0 Å². The van der Waals surface area contributed by atoms with E-state index < -0.39 is 4.92 Å². The summed E-state index contributed by atoms with van der Waals surface area (Å²) >= 11 is 11.4. The smallest absolute Gasteiger partial charge is 0.237 e. The quantitative estimate of drug-likeness (QED) is 0.364. The Labute approximate surface area is 166 Å². The summed E-state index contributed by atoms with van der Waals surface area (Å²) in [6, 6.07) is 12.0. The maximum absolute atomic E-state index is 11.0. The minimum Gasteiger partial charge on any atom is -0.485 e. The minimum absolute atomic E-state index is 0.0616. The van der Waals surface area contributed by atoms with E-state index in [0.717, 1.165) is 5.69 Å². The third-order valence-corrected chi connectivity index (χ3v) is 3.68. The van der Waals surface area contributed by atoms with Gasteiger partial charge in [0, 0.05) is 28.9 Å². The third-order valence-electron chi connectivity index (χ3n) is 3.18. The molecule has 142 valence electrons. The molecule has 2 aromatic rings. The van der Waals surface area contributed by atoms with Gasteiger partial charge >= 0.3 is 0 Å². The number of benzene rings is 2.